The lowest BCUT2D eigenvalue weighted by Gasteiger charge is -2.34. The van der Waals surface area contributed by atoms with Gasteiger partial charge in [-0.05, 0) is 31.0 Å². The van der Waals surface area contributed by atoms with E-state index in [1.165, 1.54) is 4.31 Å². The molecule has 7 heteroatoms. The van der Waals surface area contributed by atoms with E-state index in [-0.39, 0.29) is 5.91 Å². The van der Waals surface area contributed by atoms with Crippen molar-refractivity contribution in [2.45, 2.75) is 37.6 Å². The van der Waals surface area contributed by atoms with Crippen LogP contribution >= 0.6 is 0 Å². The fraction of sp³-hybridized carbons (Fsp3) is 0.562. The Bertz CT molecular complexity index is 633. The molecule has 1 atom stereocenters. The second kappa shape index (κ2) is 7.42. The number of aryl methyl sites for hydroxylation is 1. The van der Waals surface area contributed by atoms with Gasteiger partial charge in [-0.1, -0.05) is 25.5 Å². The summed E-state index contributed by atoms with van der Waals surface area (Å²) < 4.78 is 26.8. The number of rotatable bonds is 5. The van der Waals surface area contributed by atoms with Crippen LogP contribution in [0.25, 0.3) is 0 Å². The fourth-order valence-electron chi connectivity index (χ4n) is 2.70. The summed E-state index contributed by atoms with van der Waals surface area (Å²) in [5.41, 5.74) is 6.73. The van der Waals surface area contributed by atoms with Crippen LogP contribution in [0.4, 0.5) is 0 Å². The highest BCUT2D eigenvalue weighted by Gasteiger charge is 2.30. The Hall–Kier alpha value is -1.44. The molecule has 1 heterocycles. The van der Waals surface area contributed by atoms with Crippen molar-refractivity contribution in [3.8, 4) is 0 Å². The number of nitrogens with zero attached hydrogens (tertiary/aromatic N) is 2. The zero-order valence-electron chi connectivity index (χ0n) is 13.7. The molecule has 1 saturated heterocycles. The first-order valence-corrected chi connectivity index (χ1v) is 9.43. The highest BCUT2D eigenvalue weighted by atomic mass is 32.2. The Balaban J connectivity index is 2.05. The molecule has 1 aliphatic rings. The third-order valence-corrected chi connectivity index (χ3v) is 5.95. The van der Waals surface area contributed by atoms with E-state index in [2.05, 4.69) is 6.92 Å². The Morgan fingerprint density at radius 1 is 1.17 bits per heavy atom. The van der Waals surface area contributed by atoms with Gasteiger partial charge < -0.3 is 10.6 Å². The number of carbonyl (C=O) groups is 1. The zero-order chi connectivity index (χ0) is 17.0. The van der Waals surface area contributed by atoms with Crippen LogP contribution in [0.15, 0.2) is 29.2 Å². The van der Waals surface area contributed by atoms with Gasteiger partial charge in [-0.15, -0.1) is 0 Å². The summed E-state index contributed by atoms with van der Waals surface area (Å²) in [5.74, 6) is -0.133. The first kappa shape index (κ1) is 17.9. The summed E-state index contributed by atoms with van der Waals surface area (Å²) in [6.07, 6.45) is 1.97. The van der Waals surface area contributed by atoms with Crippen LogP contribution in [0.5, 0.6) is 0 Å². The Morgan fingerprint density at radius 2 is 1.74 bits per heavy atom. The molecule has 128 valence electrons. The minimum absolute atomic E-state index is 0.133. The third kappa shape index (κ3) is 4.10. The van der Waals surface area contributed by atoms with E-state index in [0.29, 0.717) is 31.1 Å². The monoisotopic (exact) mass is 339 g/mol. The molecule has 0 saturated carbocycles. The third-order valence-electron chi connectivity index (χ3n) is 4.04. The number of nitrogens with two attached hydrogens (primary N) is 1. The number of hydrogen-bond acceptors (Lipinski definition) is 4. The molecule has 1 amide bonds. The smallest absolute Gasteiger partial charge is 0.243 e. The van der Waals surface area contributed by atoms with E-state index < -0.39 is 16.1 Å². The van der Waals surface area contributed by atoms with Crippen LogP contribution < -0.4 is 5.73 Å². The number of benzene rings is 1. The molecule has 1 fully saturated rings. The number of amides is 1. The Kier molecular flexibility index (Phi) is 5.78. The largest absolute Gasteiger partial charge is 0.339 e. The summed E-state index contributed by atoms with van der Waals surface area (Å²) in [5, 5.41) is 0. The van der Waals surface area contributed by atoms with Crippen LogP contribution in [0.1, 0.15) is 25.8 Å². The maximum Gasteiger partial charge on any atom is 0.243 e. The molecule has 2 N–H and O–H groups in total. The molecule has 0 aromatic heterocycles. The van der Waals surface area contributed by atoms with Crippen molar-refractivity contribution in [3.63, 3.8) is 0 Å². The summed E-state index contributed by atoms with van der Waals surface area (Å²) in [4.78, 5) is 13.8. The van der Waals surface area contributed by atoms with Gasteiger partial charge in [-0.2, -0.15) is 4.31 Å². The molecule has 23 heavy (non-hydrogen) atoms. The molecular weight excluding hydrogens is 314 g/mol. The van der Waals surface area contributed by atoms with E-state index in [1.807, 2.05) is 12.1 Å². The predicted molar refractivity (Wildman–Crippen MR) is 89.4 cm³/mol. The number of hydrogen-bond donors (Lipinski definition) is 1. The van der Waals surface area contributed by atoms with Crippen molar-refractivity contribution in [3.05, 3.63) is 29.8 Å². The number of carbonyl (C=O) groups excluding carboxylic acids is 1. The number of piperazine rings is 1. The lowest BCUT2D eigenvalue weighted by atomic mass is 10.1. The molecule has 6 nitrogen and oxygen atoms in total. The van der Waals surface area contributed by atoms with E-state index in [4.69, 9.17) is 5.73 Å². The van der Waals surface area contributed by atoms with Crippen molar-refractivity contribution in [1.82, 2.24) is 9.21 Å². The average molecular weight is 339 g/mol. The Labute approximate surface area is 138 Å². The molecule has 0 radical (unpaired) electrons. The molecule has 2 rings (SSSR count). The minimum atomic E-state index is -3.50. The molecule has 1 aromatic rings. The zero-order valence-corrected chi connectivity index (χ0v) is 14.6. The second-order valence-electron chi connectivity index (χ2n) is 5.91. The lowest BCUT2D eigenvalue weighted by Crippen LogP contribution is -2.53. The van der Waals surface area contributed by atoms with E-state index in [0.717, 1.165) is 18.4 Å². The van der Waals surface area contributed by atoms with Gasteiger partial charge in [0, 0.05) is 26.2 Å². The van der Waals surface area contributed by atoms with Crippen LogP contribution in [0.3, 0.4) is 0 Å². The molecule has 1 aliphatic heterocycles. The van der Waals surface area contributed by atoms with Gasteiger partial charge in [0.15, 0.2) is 0 Å². The van der Waals surface area contributed by atoms with Gasteiger partial charge in [-0.3, -0.25) is 4.79 Å². The van der Waals surface area contributed by atoms with Crippen molar-refractivity contribution >= 4 is 15.9 Å². The molecular formula is C16H25N3O3S. The SMILES string of the molecule is CCCc1ccc(S(=O)(=O)N2CCN(C(=O)[C@@H](C)N)CC2)cc1. The highest BCUT2D eigenvalue weighted by molar-refractivity contribution is 7.89. The summed E-state index contributed by atoms with van der Waals surface area (Å²) >= 11 is 0. The fourth-order valence-corrected chi connectivity index (χ4v) is 4.12. The normalized spacial score (nSPS) is 18.0. The van der Waals surface area contributed by atoms with Crippen LogP contribution in [0.2, 0.25) is 0 Å². The second-order valence-corrected chi connectivity index (χ2v) is 7.85. The first-order valence-electron chi connectivity index (χ1n) is 7.99. The quantitative estimate of drug-likeness (QED) is 0.861. The Morgan fingerprint density at radius 3 is 2.22 bits per heavy atom. The first-order chi connectivity index (χ1) is 10.9. The maximum atomic E-state index is 12.7. The highest BCUT2D eigenvalue weighted by Crippen LogP contribution is 2.19. The van der Waals surface area contributed by atoms with E-state index >= 15 is 0 Å². The van der Waals surface area contributed by atoms with E-state index in [1.54, 1.807) is 24.0 Å². The van der Waals surface area contributed by atoms with Gasteiger partial charge in [0.1, 0.15) is 0 Å². The summed E-state index contributed by atoms with van der Waals surface area (Å²) in [6, 6.07) is 6.52. The van der Waals surface area contributed by atoms with Gasteiger partial charge in [0.25, 0.3) is 0 Å². The van der Waals surface area contributed by atoms with Crippen LogP contribution in [0, 0.1) is 0 Å². The minimum Gasteiger partial charge on any atom is -0.339 e. The van der Waals surface area contributed by atoms with Crippen molar-refractivity contribution in [2.75, 3.05) is 26.2 Å². The van der Waals surface area contributed by atoms with Crippen LogP contribution in [-0.4, -0.2) is 55.8 Å². The molecule has 0 aliphatic carbocycles. The standard InChI is InChI=1S/C16H25N3O3S/c1-3-4-14-5-7-15(8-6-14)23(21,22)19-11-9-18(10-12-19)16(20)13(2)17/h5-8,13H,3-4,9-12,17H2,1-2H3/t13-/m1/s1. The van der Waals surface area contributed by atoms with Gasteiger partial charge in [0.05, 0.1) is 10.9 Å². The average Bonchev–Trinajstić information content (AvgIpc) is 2.55. The van der Waals surface area contributed by atoms with Crippen molar-refractivity contribution in [1.29, 1.82) is 0 Å². The maximum absolute atomic E-state index is 12.7. The molecule has 0 spiro atoms. The van der Waals surface area contributed by atoms with Crippen LogP contribution in [-0.2, 0) is 21.2 Å². The summed E-state index contributed by atoms with van der Waals surface area (Å²) in [6.45, 7) is 5.10. The summed E-state index contributed by atoms with van der Waals surface area (Å²) in [7, 11) is -3.50. The van der Waals surface area contributed by atoms with E-state index in [9.17, 15) is 13.2 Å². The molecule has 0 unspecified atom stereocenters. The van der Waals surface area contributed by atoms with Gasteiger partial charge in [0.2, 0.25) is 15.9 Å². The lowest BCUT2D eigenvalue weighted by molar-refractivity contribution is -0.133. The number of sulfonamides is 1. The molecule has 1 aromatic carbocycles. The van der Waals surface area contributed by atoms with Gasteiger partial charge in [-0.25, -0.2) is 8.42 Å². The van der Waals surface area contributed by atoms with Crippen molar-refractivity contribution < 1.29 is 13.2 Å². The van der Waals surface area contributed by atoms with Gasteiger partial charge >= 0.3 is 0 Å². The van der Waals surface area contributed by atoms with Crippen molar-refractivity contribution in [2.24, 2.45) is 5.73 Å². The molecule has 0 bridgehead atoms. The predicted octanol–water partition coefficient (Wildman–Crippen LogP) is 0.819. The topological polar surface area (TPSA) is 83.7 Å².